The van der Waals surface area contributed by atoms with Gasteiger partial charge in [-0.25, -0.2) is 0 Å². The summed E-state index contributed by atoms with van der Waals surface area (Å²) >= 11 is 0. The first-order valence-electron chi connectivity index (χ1n) is 12.0. The lowest BCUT2D eigenvalue weighted by molar-refractivity contribution is -0.139. The average Bonchev–Trinajstić information content (AvgIpc) is 3.06. The third kappa shape index (κ3) is 5.44. The zero-order valence-corrected chi connectivity index (χ0v) is 20.8. The van der Waals surface area contributed by atoms with Crippen molar-refractivity contribution < 1.29 is 24.2 Å². The van der Waals surface area contributed by atoms with Crippen molar-refractivity contribution in [2.75, 3.05) is 19.8 Å². The van der Waals surface area contributed by atoms with Gasteiger partial charge >= 0.3 is 0 Å². The molecule has 1 fully saturated rings. The summed E-state index contributed by atoms with van der Waals surface area (Å²) in [5, 5.41) is 11.3. The van der Waals surface area contributed by atoms with Gasteiger partial charge in [0.2, 0.25) is 0 Å². The molecule has 6 heteroatoms. The van der Waals surface area contributed by atoms with E-state index in [0.29, 0.717) is 37.0 Å². The number of carbonyl (C=O) groups is 2. The molecular weight excluding hydrogens is 430 g/mol. The Morgan fingerprint density at radius 2 is 1.85 bits per heavy atom. The second-order valence-electron chi connectivity index (χ2n) is 9.04. The molecule has 3 rings (SSSR count). The van der Waals surface area contributed by atoms with Crippen molar-refractivity contribution in [1.29, 1.82) is 0 Å². The molecule has 1 N–H and O–H groups in total. The number of ether oxygens (including phenoxy) is 2. The van der Waals surface area contributed by atoms with E-state index >= 15 is 0 Å². The summed E-state index contributed by atoms with van der Waals surface area (Å²) in [4.78, 5) is 27.7. The van der Waals surface area contributed by atoms with Gasteiger partial charge in [-0.2, -0.15) is 0 Å². The molecule has 1 amide bonds. The maximum atomic E-state index is 13.2. The summed E-state index contributed by atoms with van der Waals surface area (Å²) in [6, 6.07) is 12.0. The normalized spacial score (nSPS) is 17.5. The number of hydrogen-bond acceptors (Lipinski definition) is 5. The fourth-order valence-electron chi connectivity index (χ4n) is 4.10. The summed E-state index contributed by atoms with van der Waals surface area (Å²) in [7, 11) is 0. The number of unbranched alkanes of at least 4 members (excludes halogenated alkanes) is 1. The van der Waals surface area contributed by atoms with Crippen molar-refractivity contribution in [3.05, 3.63) is 64.7 Å². The molecule has 182 valence electrons. The zero-order chi connectivity index (χ0) is 24.8. The molecule has 6 nitrogen and oxygen atoms in total. The summed E-state index contributed by atoms with van der Waals surface area (Å²) in [6.07, 6.45) is 1.64. The Balaban J connectivity index is 2.08. The van der Waals surface area contributed by atoms with Crippen LogP contribution in [-0.2, 0) is 9.59 Å². The van der Waals surface area contributed by atoms with Crippen LogP contribution in [0.25, 0.3) is 5.76 Å². The Bertz CT molecular complexity index is 1070. The number of benzene rings is 2. The van der Waals surface area contributed by atoms with Gasteiger partial charge in [-0.05, 0) is 67.6 Å². The molecule has 0 bridgehead atoms. The largest absolute Gasteiger partial charge is 0.507 e. The first kappa shape index (κ1) is 25.3. The number of nitrogens with zero attached hydrogens (tertiary/aromatic N) is 1. The number of aliphatic hydroxyl groups excluding tert-OH is 1. The van der Waals surface area contributed by atoms with E-state index in [4.69, 9.17) is 9.47 Å². The van der Waals surface area contributed by atoms with Crippen molar-refractivity contribution in [2.45, 2.75) is 53.5 Å². The van der Waals surface area contributed by atoms with Crippen LogP contribution >= 0.6 is 0 Å². The molecule has 0 spiro atoms. The Labute approximate surface area is 202 Å². The maximum absolute atomic E-state index is 13.2. The Morgan fingerprint density at radius 1 is 1.09 bits per heavy atom. The molecule has 0 aromatic heterocycles. The van der Waals surface area contributed by atoms with Crippen LogP contribution in [0.4, 0.5) is 0 Å². The van der Waals surface area contributed by atoms with Gasteiger partial charge in [0.25, 0.3) is 11.7 Å². The zero-order valence-electron chi connectivity index (χ0n) is 20.8. The highest BCUT2D eigenvalue weighted by atomic mass is 16.5. The monoisotopic (exact) mass is 465 g/mol. The fourth-order valence-corrected chi connectivity index (χ4v) is 4.10. The summed E-state index contributed by atoms with van der Waals surface area (Å²) in [5.74, 6) is 0.341. The number of rotatable bonds is 10. The van der Waals surface area contributed by atoms with E-state index in [-0.39, 0.29) is 11.3 Å². The number of carbonyl (C=O) groups excluding carboxylic acids is 2. The topological polar surface area (TPSA) is 76.1 Å². The summed E-state index contributed by atoms with van der Waals surface area (Å²) < 4.78 is 11.5. The van der Waals surface area contributed by atoms with E-state index in [0.717, 1.165) is 29.7 Å². The molecule has 34 heavy (non-hydrogen) atoms. The predicted molar refractivity (Wildman–Crippen MR) is 133 cm³/mol. The van der Waals surface area contributed by atoms with Gasteiger partial charge in [-0.15, -0.1) is 0 Å². The fraction of sp³-hybridized carbons (Fsp3) is 0.429. The maximum Gasteiger partial charge on any atom is 0.295 e. The SMILES string of the molecule is CCCCN1C(=O)C(=O)/C(=C(/O)c2ccc(OCC(C)C)c(C)c2)C1c1cccc(OCC)c1. The van der Waals surface area contributed by atoms with Crippen LogP contribution in [0.1, 0.15) is 63.3 Å². The number of likely N-dealkylation sites (tertiary alicyclic amines) is 1. The lowest BCUT2D eigenvalue weighted by Crippen LogP contribution is -2.30. The van der Waals surface area contributed by atoms with Gasteiger partial charge in [-0.1, -0.05) is 39.3 Å². The highest BCUT2D eigenvalue weighted by Gasteiger charge is 2.45. The van der Waals surface area contributed by atoms with Crippen LogP contribution < -0.4 is 9.47 Å². The van der Waals surface area contributed by atoms with E-state index in [1.54, 1.807) is 23.1 Å². The third-order valence-corrected chi connectivity index (χ3v) is 5.80. The van der Waals surface area contributed by atoms with Crippen LogP contribution in [0.15, 0.2) is 48.0 Å². The molecule has 1 saturated heterocycles. The molecule has 2 aromatic rings. The summed E-state index contributed by atoms with van der Waals surface area (Å²) in [6.45, 7) is 11.5. The van der Waals surface area contributed by atoms with Gasteiger partial charge < -0.3 is 19.5 Å². The minimum absolute atomic E-state index is 0.102. The number of hydrogen-bond donors (Lipinski definition) is 1. The highest BCUT2D eigenvalue weighted by molar-refractivity contribution is 6.46. The van der Waals surface area contributed by atoms with E-state index in [1.165, 1.54) is 0 Å². The highest BCUT2D eigenvalue weighted by Crippen LogP contribution is 2.40. The molecule has 1 heterocycles. The van der Waals surface area contributed by atoms with Crippen molar-refractivity contribution in [3.63, 3.8) is 0 Å². The molecule has 1 unspecified atom stereocenters. The molecule has 0 saturated carbocycles. The third-order valence-electron chi connectivity index (χ3n) is 5.80. The van der Waals surface area contributed by atoms with E-state index in [1.807, 2.05) is 45.0 Å². The number of amides is 1. The van der Waals surface area contributed by atoms with Gasteiger partial charge in [0, 0.05) is 12.1 Å². The molecule has 0 aliphatic carbocycles. The van der Waals surface area contributed by atoms with Crippen LogP contribution in [0.3, 0.4) is 0 Å². The molecule has 1 atom stereocenters. The Morgan fingerprint density at radius 3 is 2.50 bits per heavy atom. The smallest absolute Gasteiger partial charge is 0.295 e. The molecule has 1 aliphatic rings. The molecule has 2 aromatic carbocycles. The van der Waals surface area contributed by atoms with E-state index in [2.05, 4.69) is 13.8 Å². The first-order valence-corrected chi connectivity index (χ1v) is 12.0. The quantitative estimate of drug-likeness (QED) is 0.279. The number of aliphatic hydroxyl groups is 1. The van der Waals surface area contributed by atoms with E-state index < -0.39 is 17.7 Å². The standard InChI is InChI=1S/C28H35NO5/c1-6-8-14-29-25(20-10-9-11-22(16-20)33-7-2)24(27(31)28(29)32)26(30)21-12-13-23(19(5)15-21)34-17-18(3)4/h9-13,15-16,18,25,30H,6-8,14,17H2,1-5H3/b26-24+. The van der Waals surface area contributed by atoms with Crippen LogP contribution in [0, 0.1) is 12.8 Å². The van der Waals surface area contributed by atoms with Gasteiger partial charge in [-0.3, -0.25) is 9.59 Å². The van der Waals surface area contributed by atoms with Crippen molar-refractivity contribution >= 4 is 17.4 Å². The lowest BCUT2D eigenvalue weighted by atomic mass is 9.94. The van der Waals surface area contributed by atoms with Crippen molar-refractivity contribution in [2.24, 2.45) is 5.92 Å². The first-order chi connectivity index (χ1) is 16.3. The van der Waals surface area contributed by atoms with Crippen molar-refractivity contribution in [1.82, 2.24) is 4.90 Å². The van der Waals surface area contributed by atoms with Crippen LogP contribution in [0.2, 0.25) is 0 Å². The lowest BCUT2D eigenvalue weighted by Gasteiger charge is -2.25. The van der Waals surface area contributed by atoms with Gasteiger partial charge in [0.1, 0.15) is 17.3 Å². The molecular formula is C28H35NO5. The Hall–Kier alpha value is -3.28. The van der Waals surface area contributed by atoms with Crippen molar-refractivity contribution in [3.8, 4) is 11.5 Å². The van der Waals surface area contributed by atoms with Gasteiger partial charge in [0.15, 0.2) is 0 Å². The number of ketones is 1. The second kappa shape index (κ2) is 11.2. The van der Waals surface area contributed by atoms with E-state index in [9.17, 15) is 14.7 Å². The number of aryl methyl sites for hydroxylation is 1. The van der Waals surface area contributed by atoms with Crippen LogP contribution in [-0.4, -0.2) is 41.5 Å². The molecule has 0 radical (unpaired) electrons. The summed E-state index contributed by atoms with van der Waals surface area (Å²) in [5.41, 5.74) is 2.16. The minimum Gasteiger partial charge on any atom is -0.507 e. The molecule has 1 aliphatic heterocycles. The minimum atomic E-state index is -0.677. The second-order valence-corrected chi connectivity index (χ2v) is 9.04. The van der Waals surface area contributed by atoms with Gasteiger partial charge in [0.05, 0.1) is 24.8 Å². The predicted octanol–water partition coefficient (Wildman–Crippen LogP) is 5.65. The van der Waals surface area contributed by atoms with Crippen LogP contribution in [0.5, 0.6) is 11.5 Å². The number of Topliss-reactive ketones (excluding diaryl/α,β-unsaturated/α-hetero) is 1. The average molecular weight is 466 g/mol. The Kier molecular flexibility index (Phi) is 8.37.